The SMILES string of the molecule is Cc1nnc(NC(C)c2ccc3c(c2)OCCCO3)c(C#N)c1C. The van der Waals surface area contributed by atoms with E-state index in [1.54, 1.807) is 0 Å². The van der Waals surface area contributed by atoms with Gasteiger partial charge in [-0.3, -0.25) is 0 Å². The van der Waals surface area contributed by atoms with Gasteiger partial charge in [0, 0.05) is 6.42 Å². The number of hydrogen-bond donors (Lipinski definition) is 1. The number of aryl methyl sites for hydroxylation is 1. The molecule has 1 aromatic carbocycles. The van der Waals surface area contributed by atoms with Crippen molar-refractivity contribution >= 4 is 5.82 Å². The van der Waals surface area contributed by atoms with Crippen LogP contribution in [-0.2, 0) is 0 Å². The Balaban J connectivity index is 1.86. The summed E-state index contributed by atoms with van der Waals surface area (Å²) in [6, 6.07) is 8.04. The maximum atomic E-state index is 9.40. The van der Waals surface area contributed by atoms with Crippen LogP contribution in [0.5, 0.6) is 11.5 Å². The number of hydrogen-bond acceptors (Lipinski definition) is 6. The fraction of sp³-hybridized carbons (Fsp3) is 0.389. The van der Waals surface area contributed by atoms with E-state index in [9.17, 15) is 5.26 Å². The van der Waals surface area contributed by atoms with E-state index >= 15 is 0 Å². The number of nitrogens with one attached hydrogen (secondary N) is 1. The normalized spacial score (nSPS) is 14.4. The van der Waals surface area contributed by atoms with E-state index in [4.69, 9.17) is 9.47 Å². The summed E-state index contributed by atoms with van der Waals surface area (Å²) >= 11 is 0. The Kier molecular flexibility index (Phi) is 4.52. The topological polar surface area (TPSA) is 80.1 Å². The van der Waals surface area contributed by atoms with Crippen molar-refractivity contribution in [3.8, 4) is 17.6 Å². The van der Waals surface area contributed by atoms with Crippen molar-refractivity contribution in [3.63, 3.8) is 0 Å². The minimum atomic E-state index is -0.0503. The van der Waals surface area contributed by atoms with Gasteiger partial charge < -0.3 is 14.8 Å². The zero-order valence-corrected chi connectivity index (χ0v) is 14.1. The Morgan fingerprint density at radius 2 is 1.92 bits per heavy atom. The molecule has 1 N–H and O–H groups in total. The summed E-state index contributed by atoms with van der Waals surface area (Å²) in [6.45, 7) is 7.06. The van der Waals surface area contributed by atoms with Gasteiger partial charge in [0.25, 0.3) is 0 Å². The Bertz CT molecular complexity index is 798. The van der Waals surface area contributed by atoms with Crippen molar-refractivity contribution in [3.05, 3.63) is 40.6 Å². The predicted molar refractivity (Wildman–Crippen MR) is 90.3 cm³/mol. The number of fused-ring (bicyclic) bond motifs is 1. The summed E-state index contributed by atoms with van der Waals surface area (Å²) in [6.07, 6.45) is 0.877. The average Bonchev–Trinajstić information content (AvgIpc) is 2.83. The number of nitriles is 1. The zero-order valence-electron chi connectivity index (χ0n) is 14.1. The molecular weight excluding hydrogens is 304 g/mol. The summed E-state index contributed by atoms with van der Waals surface area (Å²) in [5, 5.41) is 20.9. The molecule has 1 unspecified atom stereocenters. The second kappa shape index (κ2) is 6.75. The maximum Gasteiger partial charge on any atom is 0.167 e. The van der Waals surface area contributed by atoms with Crippen LogP contribution >= 0.6 is 0 Å². The molecule has 0 saturated carbocycles. The van der Waals surface area contributed by atoms with E-state index in [0.717, 1.165) is 34.7 Å². The second-order valence-electron chi connectivity index (χ2n) is 5.87. The number of benzene rings is 1. The largest absolute Gasteiger partial charge is 0.490 e. The lowest BCUT2D eigenvalue weighted by Gasteiger charge is -2.18. The molecule has 2 aromatic rings. The van der Waals surface area contributed by atoms with E-state index in [1.807, 2.05) is 39.0 Å². The van der Waals surface area contributed by atoms with Crippen LogP contribution in [0.15, 0.2) is 18.2 Å². The van der Waals surface area contributed by atoms with Crippen molar-refractivity contribution in [2.24, 2.45) is 0 Å². The summed E-state index contributed by atoms with van der Waals surface area (Å²) in [7, 11) is 0. The van der Waals surface area contributed by atoms with Crippen LogP contribution in [-0.4, -0.2) is 23.4 Å². The van der Waals surface area contributed by atoms with Gasteiger partial charge in [-0.2, -0.15) is 10.4 Å². The number of aromatic nitrogens is 2. The first-order valence-electron chi connectivity index (χ1n) is 8.00. The van der Waals surface area contributed by atoms with Crippen molar-refractivity contribution in [1.29, 1.82) is 5.26 Å². The molecule has 0 saturated heterocycles. The van der Waals surface area contributed by atoms with Gasteiger partial charge in [-0.15, -0.1) is 5.10 Å². The molecule has 1 aliphatic heterocycles. The molecular formula is C18H20N4O2. The van der Waals surface area contributed by atoms with Gasteiger partial charge in [-0.1, -0.05) is 6.07 Å². The Morgan fingerprint density at radius 3 is 2.67 bits per heavy atom. The highest BCUT2D eigenvalue weighted by Gasteiger charge is 2.16. The molecule has 0 spiro atoms. The van der Waals surface area contributed by atoms with E-state index in [0.29, 0.717) is 24.6 Å². The van der Waals surface area contributed by atoms with Gasteiger partial charge in [-0.25, -0.2) is 0 Å². The zero-order chi connectivity index (χ0) is 17.1. The van der Waals surface area contributed by atoms with Gasteiger partial charge in [0.05, 0.1) is 24.9 Å². The van der Waals surface area contributed by atoms with Crippen molar-refractivity contribution in [2.75, 3.05) is 18.5 Å². The number of anilines is 1. The van der Waals surface area contributed by atoms with Gasteiger partial charge >= 0.3 is 0 Å². The van der Waals surface area contributed by atoms with E-state index < -0.39 is 0 Å². The van der Waals surface area contributed by atoms with Crippen LogP contribution in [0.1, 0.15) is 41.8 Å². The van der Waals surface area contributed by atoms with Gasteiger partial charge in [0.2, 0.25) is 0 Å². The highest BCUT2D eigenvalue weighted by molar-refractivity contribution is 5.57. The van der Waals surface area contributed by atoms with Crippen molar-refractivity contribution < 1.29 is 9.47 Å². The molecule has 24 heavy (non-hydrogen) atoms. The lowest BCUT2D eigenvalue weighted by atomic mass is 10.1. The molecule has 0 bridgehead atoms. The molecule has 6 nitrogen and oxygen atoms in total. The molecule has 3 rings (SSSR count). The molecule has 1 aliphatic rings. The first-order chi connectivity index (χ1) is 11.6. The Labute approximate surface area is 141 Å². The lowest BCUT2D eigenvalue weighted by Crippen LogP contribution is -2.12. The third-order valence-electron chi connectivity index (χ3n) is 4.19. The van der Waals surface area contributed by atoms with Crippen molar-refractivity contribution in [2.45, 2.75) is 33.2 Å². The fourth-order valence-electron chi connectivity index (χ4n) is 2.58. The fourth-order valence-corrected chi connectivity index (χ4v) is 2.58. The average molecular weight is 324 g/mol. The minimum absolute atomic E-state index is 0.0503. The molecule has 0 aliphatic carbocycles. The number of rotatable bonds is 3. The number of nitrogens with zero attached hydrogens (tertiary/aromatic N) is 3. The van der Waals surface area contributed by atoms with Crippen LogP contribution in [0, 0.1) is 25.2 Å². The molecule has 2 heterocycles. The minimum Gasteiger partial charge on any atom is -0.490 e. The lowest BCUT2D eigenvalue weighted by molar-refractivity contribution is 0.297. The van der Waals surface area contributed by atoms with Gasteiger partial charge in [0.1, 0.15) is 11.6 Å². The predicted octanol–water partition coefficient (Wildman–Crippen LogP) is 3.30. The standard InChI is InChI=1S/C18H20N4O2/c1-11-12(2)21-22-18(15(11)10-19)20-13(3)14-5-6-16-17(9-14)24-8-4-7-23-16/h5-6,9,13H,4,7-8H2,1-3H3,(H,20,22). The third kappa shape index (κ3) is 3.11. The molecule has 6 heteroatoms. The Morgan fingerprint density at radius 1 is 1.17 bits per heavy atom. The van der Waals surface area contributed by atoms with Crippen LogP contribution < -0.4 is 14.8 Å². The molecule has 1 atom stereocenters. The molecule has 124 valence electrons. The molecule has 0 radical (unpaired) electrons. The van der Waals surface area contributed by atoms with E-state index in [2.05, 4.69) is 21.6 Å². The van der Waals surface area contributed by atoms with E-state index in [1.165, 1.54) is 0 Å². The first-order valence-corrected chi connectivity index (χ1v) is 8.00. The van der Waals surface area contributed by atoms with Crippen LogP contribution in [0.25, 0.3) is 0 Å². The quantitative estimate of drug-likeness (QED) is 0.933. The summed E-state index contributed by atoms with van der Waals surface area (Å²) in [5.74, 6) is 2.03. The molecule has 0 amide bonds. The summed E-state index contributed by atoms with van der Waals surface area (Å²) in [4.78, 5) is 0. The van der Waals surface area contributed by atoms with Gasteiger partial charge in [-0.05, 0) is 44.0 Å². The number of ether oxygens (including phenoxy) is 2. The highest BCUT2D eigenvalue weighted by atomic mass is 16.5. The van der Waals surface area contributed by atoms with Crippen LogP contribution in [0.2, 0.25) is 0 Å². The van der Waals surface area contributed by atoms with Crippen LogP contribution in [0.3, 0.4) is 0 Å². The monoisotopic (exact) mass is 324 g/mol. The summed E-state index contributed by atoms with van der Waals surface area (Å²) < 4.78 is 11.4. The molecule has 1 aromatic heterocycles. The van der Waals surface area contributed by atoms with Crippen LogP contribution in [0.4, 0.5) is 5.82 Å². The molecule has 0 fully saturated rings. The smallest absolute Gasteiger partial charge is 0.167 e. The van der Waals surface area contributed by atoms with Gasteiger partial charge in [0.15, 0.2) is 17.3 Å². The Hall–Kier alpha value is -2.81. The first kappa shape index (κ1) is 16.1. The second-order valence-corrected chi connectivity index (χ2v) is 5.87. The van der Waals surface area contributed by atoms with E-state index in [-0.39, 0.29) is 6.04 Å². The third-order valence-corrected chi connectivity index (χ3v) is 4.19. The highest BCUT2D eigenvalue weighted by Crippen LogP contribution is 2.33. The maximum absolute atomic E-state index is 9.40. The van der Waals surface area contributed by atoms with Crippen molar-refractivity contribution in [1.82, 2.24) is 10.2 Å². The summed E-state index contributed by atoms with van der Waals surface area (Å²) in [5.41, 5.74) is 3.17.